The van der Waals surface area contributed by atoms with Gasteiger partial charge in [-0.3, -0.25) is 14.9 Å². The van der Waals surface area contributed by atoms with Crippen LogP contribution in [0.4, 0.5) is 8.78 Å². The first-order valence-electron chi connectivity index (χ1n) is 8.84. The maximum atomic E-state index is 13.6. The van der Waals surface area contributed by atoms with Crippen LogP contribution in [-0.4, -0.2) is 34.6 Å². The maximum Gasteiger partial charge on any atom is 0.123 e. The van der Waals surface area contributed by atoms with Crippen molar-refractivity contribution in [3.63, 3.8) is 0 Å². The number of aromatic nitrogens is 2. The van der Waals surface area contributed by atoms with Crippen molar-refractivity contribution in [3.8, 4) is 11.3 Å². The van der Waals surface area contributed by atoms with E-state index in [4.69, 9.17) is 4.74 Å². The molecule has 0 radical (unpaired) electrons. The quantitative estimate of drug-likeness (QED) is 0.699. The van der Waals surface area contributed by atoms with Gasteiger partial charge in [-0.25, -0.2) is 8.78 Å². The van der Waals surface area contributed by atoms with Crippen LogP contribution >= 0.6 is 0 Å². The molecule has 0 spiro atoms. The second-order valence-corrected chi connectivity index (χ2v) is 6.52. The Morgan fingerprint density at radius 3 is 2.63 bits per heavy atom. The molecule has 1 aromatic heterocycles. The first-order valence-corrected chi connectivity index (χ1v) is 8.84. The summed E-state index contributed by atoms with van der Waals surface area (Å²) in [7, 11) is 0. The Labute approximate surface area is 156 Å². The van der Waals surface area contributed by atoms with Crippen molar-refractivity contribution < 1.29 is 13.5 Å². The number of halogens is 2. The summed E-state index contributed by atoms with van der Waals surface area (Å²) in [4.78, 5) is 11.1. The highest BCUT2D eigenvalue weighted by Crippen LogP contribution is 2.29. The summed E-state index contributed by atoms with van der Waals surface area (Å²) in [5, 5.41) is 0. The predicted molar refractivity (Wildman–Crippen MR) is 97.8 cm³/mol. The number of hydrogen-bond donors (Lipinski definition) is 0. The average Bonchev–Trinajstić information content (AvgIpc) is 2.70. The van der Waals surface area contributed by atoms with Gasteiger partial charge in [-0.2, -0.15) is 0 Å². The SMILES string of the molecule is Fc1ccc(CN2CCOC(c3nccnc3-c3cccc(F)c3)C2)cc1. The minimum atomic E-state index is -0.313. The van der Waals surface area contributed by atoms with Crippen molar-refractivity contribution in [2.75, 3.05) is 19.7 Å². The van der Waals surface area contributed by atoms with E-state index in [1.165, 1.54) is 24.3 Å². The van der Waals surface area contributed by atoms with Gasteiger partial charge in [0.05, 0.1) is 18.0 Å². The normalized spacial score (nSPS) is 17.8. The van der Waals surface area contributed by atoms with Gasteiger partial charge in [0.15, 0.2) is 0 Å². The van der Waals surface area contributed by atoms with Crippen molar-refractivity contribution in [2.45, 2.75) is 12.6 Å². The Morgan fingerprint density at radius 2 is 1.81 bits per heavy atom. The van der Waals surface area contributed by atoms with E-state index in [1.807, 2.05) is 6.07 Å². The number of nitrogens with zero attached hydrogens (tertiary/aromatic N) is 3. The zero-order chi connectivity index (χ0) is 18.6. The summed E-state index contributed by atoms with van der Waals surface area (Å²) < 4.78 is 32.7. The van der Waals surface area contributed by atoms with Crippen molar-refractivity contribution in [3.05, 3.63) is 83.8 Å². The van der Waals surface area contributed by atoms with Gasteiger partial charge in [-0.05, 0) is 29.8 Å². The Kier molecular flexibility index (Phi) is 5.18. The highest BCUT2D eigenvalue weighted by Gasteiger charge is 2.26. The zero-order valence-electron chi connectivity index (χ0n) is 14.7. The second-order valence-electron chi connectivity index (χ2n) is 6.52. The van der Waals surface area contributed by atoms with Crippen molar-refractivity contribution in [2.24, 2.45) is 0 Å². The Morgan fingerprint density at radius 1 is 1.00 bits per heavy atom. The molecule has 4 nitrogen and oxygen atoms in total. The van der Waals surface area contributed by atoms with Gasteiger partial charge in [0.1, 0.15) is 17.7 Å². The van der Waals surface area contributed by atoms with Gasteiger partial charge in [-0.15, -0.1) is 0 Å². The summed E-state index contributed by atoms with van der Waals surface area (Å²) in [5.41, 5.74) is 3.05. The first-order chi connectivity index (χ1) is 13.2. The van der Waals surface area contributed by atoms with Gasteiger partial charge in [0.2, 0.25) is 0 Å². The molecule has 27 heavy (non-hydrogen) atoms. The number of benzene rings is 2. The number of ether oxygens (including phenoxy) is 1. The fourth-order valence-electron chi connectivity index (χ4n) is 3.30. The van der Waals surface area contributed by atoms with Crippen LogP contribution < -0.4 is 0 Å². The molecule has 1 aliphatic heterocycles. The van der Waals surface area contributed by atoms with Crippen molar-refractivity contribution in [1.82, 2.24) is 14.9 Å². The molecular weight excluding hydrogens is 348 g/mol. The van der Waals surface area contributed by atoms with Gasteiger partial charge in [-0.1, -0.05) is 24.3 Å². The molecule has 1 fully saturated rings. The van der Waals surface area contributed by atoms with E-state index < -0.39 is 0 Å². The number of rotatable bonds is 4. The molecular formula is C21H19F2N3O. The van der Waals surface area contributed by atoms with Gasteiger partial charge < -0.3 is 4.74 Å². The van der Waals surface area contributed by atoms with Crippen molar-refractivity contribution in [1.29, 1.82) is 0 Å². The van der Waals surface area contributed by atoms with Crippen LogP contribution in [-0.2, 0) is 11.3 Å². The van der Waals surface area contributed by atoms with Crippen LogP contribution in [0.2, 0.25) is 0 Å². The largest absolute Gasteiger partial charge is 0.369 e. The molecule has 0 amide bonds. The molecule has 1 atom stereocenters. The molecule has 0 bridgehead atoms. The van der Waals surface area contributed by atoms with E-state index in [2.05, 4.69) is 14.9 Å². The van der Waals surface area contributed by atoms with E-state index in [-0.39, 0.29) is 17.7 Å². The van der Waals surface area contributed by atoms with Gasteiger partial charge in [0, 0.05) is 37.6 Å². The molecule has 0 N–H and O–H groups in total. The average molecular weight is 367 g/mol. The lowest BCUT2D eigenvalue weighted by molar-refractivity contribution is -0.0348. The third kappa shape index (κ3) is 4.18. The molecule has 0 aliphatic carbocycles. The molecule has 138 valence electrons. The fraction of sp³-hybridized carbons (Fsp3) is 0.238. The Balaban J connectivity index is 1.56. The lowest BCUT2D eigenvalue weighted by atomic mass is 10.0. The smallest absolute Gasteiger partial charge is 0.123 e. The summed E-state index contributed by atoms with van der Waals surface area (Å²) in [6, 6.07) is 12.9. The Bertz CT molecular complexity index is 917. The summed E-state index contributed by atoms with van der Waals surface area (Å²) in [5.74, 6) is -0.551. The van der Waals surface area contributed by atoms with Crippen LogP contribution in [0.25, 0.3) is 11.3 Å². The van der Waals surface area contributed by atoms with Crippen LogP contribution in [0.1, 0.15) is 17.4 Å². The van der Waals surface area contributed by atoms with E-state index in [9.17, 15) is 8.78 Å². The standard InChI is InChI=1S/C21H19F2N3O/c22-17-6-4-15(5-7-17)13-26-10-11-27-19(14-26)21-20(24-8-9-25-21)16-2-1-3-18(23)12-16/h1-9,12,19H,10-11,13-14H2. The highest BCUT2D eigenvalue weighted by atomic mass is 19.1. The highest BCUT2D eigenvalue weighted by molar-refractivity contribution is 5.61. The van der Waals surface area contributed by atoms with Crippen LogP contribution in [0.5, 0.6) is 0 Å². The lowest BCUT2D eigenvalue weighted by Crippen LogP contribution is -2.38. The number of morpholine rings is 1. The van der Waals surface area contributed by atoms with E-state index >= 15 is 0 Å². The van der Waals surface area contributed by atoms with E-state index in [1.54, 1.807) is 30.6 Å². The molecule has 3 aromatic rings. The second kappa shape index (κ2) is 7.90. The van der Waals surface area contributed by atoms with Gasteiger partial charge >= 0.3 is 0 Å². The summed E-state index contributed by atoms with van der Waals surface area (Å²) >= 11 is 0. The number of hydrogen-bond acceptors (Lipinski definition) is 4. The third-order valence-electron chi connectivity index (χ3n) is 4.60. The Hall–Kier alpha value is -2.70. The first kappa shape index (κ1) is 17.7. The van der Waals surface area contributed by atoms with Crippen LogP contribution in [0.15, 0.2) is 60.9 Å². The van der Waals surface area contributed by atoms with Crippen molar-refractivity contribution >= 4 is 0 Å². The summed E-state index contributed by atoms with van der Waals surface area (Å²) in [6.45, 7) is 2.68. The lowest BCUT2D eigenvalue weighted by Gasteiger charge is -2.33. The van der Waals surface area contributed by atoms with E-state index in [0.29, 0.717) is 36.6 Å². The molecule has 1 saturated heterocycles. The maximum absolute atomic E-state index is 13.6. The molecule has 4 rings (SSSR count). The molecule has 0 saturated carbocycles. The van der Waals surface area contributed by atoms with E-state index in [0.717, 1.165) is 12.1 Å². The fourth-order valence-corrected chi connectivity index (χ4v) is 3.30. The third-order valence-corrected chi connectivity index (χ3v) is 4.60. The van der Waals surface area contributed by atoms with Gasteiger partial charge in [0.25, 0.3) is 0 Å². The summed E-state index contributed by atoms with van der Waals surface area (Å²) in [6.07, 6.45) is 2.97. The molecule has 1 aliphatic rings. The molecule has 2 aromatic carbocycles. The topological polar surface area (TPSA) is 38.2 Å². The predicted octanol–water partition coefficient (Wildman–Crippen LogP) is 4.00. The minimum absolute atomic E-state index is 0.238. The monoisotopic (exact) mass is 367 g/mol. The van der Waals surface area contributed by atoms with Crippen LogP contribution in [0, 0.1) is 11.6 Å². The minimum Gasteiger partial charge on any atom is -0.369 e. The zero-order valence-corrected chi connectivity index (χ0v) is 14.7. The molecule has 6 heteroatoms. The molecule has 2 heterocycles. The molecule has 1 unspecified atom stereocenters. The van der Waals surface area contributed by atoms with Crippen LogP contribution in [0.3, 0.4) is 0 Å².